The van der Waals surface area contributed by atoms with Gasteiger partial charge in [-0.05, 0) is 18.6 Å². The highest BCUT2D eigenvalue weighted by Crippen LogP contribution is 2.16. The number of likely N-dealkylation sites (tertiary alicyclic amines) is 1. The molecule has 2 rings (SSSR count). The van der Waals surface area contributed by atoms with Gasteiger partial charge in [-0.3, -0.25) is 4.79 Å². The molecule has 1 N–H and O–H groups in total. The van der Waals surface area contributed by atoms with Gasteiger partial charge >= 0.3 is 0 Å². The van der Waals surface area contributed by atoms with Gasteiger partial charge in [0.05, 0.1) is 11.8 Å². The van der Waals surface area contributed by atoms with Gasteiger partial charge in [-0.1, -0.05) is 0 Å². The number of amides is 1. The number of methoxy groups -OCH3 is 1. The Hall–Kier alpha value is -1.53. The number of hydrogen-bond acceptors (Lipinski definition) is 3. The molecule has 0 radical (unpaired) electrons. The number of nitrogens with zero attached hydrogens (tertiary/aromatic N) is 1. The molecule has 4 nitrogen and oxygen atoms in total. The van der Waals surface area contributed by atoms with E-state index in [1.807, 2.05) is 0 Å². The molecule has 1 aromatic rings. The summed E-state index contributed by atoms with van der Waals surface area (Å²) < 4.78 is 31.6. The monoisotopic (exact) mass is 284 g/mol. The molecule has 0 aromatic heterocycles. The highest BCUT2D eigenvalue weighted by molar-refractivity contribution is 5.90. The molecule has 1 amide bonds. The Kier molecular flexibility index (Phi) is 5.03. The first-order valence-corrected chi connectivity index (χ1v) is 6.58. The quantitative estimate of drug-likeness (QED) is 0.899. The largest absolute Gasteiger partial charge is 0.380 e. The van der Waals surface area contributed by atoms with Gasteiger partial charge in [0.25, 0.3) is 0 Å². The maximum Gasteiger partial charge on any atom is 0.225 e. The summed E-state index contributed by atoms with van der Waals surface area (Å²) in [5.41, 5.74) is -0.119. The maximum atomic E-state index is 13.4. The van der Waals surface area contributed by atoms with Gasteiger partial charge in [0.2, 0.25) is 5.91 Å². The van der Waals surface area contributed by atoms with Crippen LogP contribution in [-0.4, -0.2) is 43.7 Å². The van der Waals surface area contributed by atoms with Crippen molar-refractivity contribution in [1.29, 1.82) is 0 Å². The van der Waals surface area contributed by atoms with Crippen LogP contribution in [0.4, 0.5) is 14.5 Å². The molecule has 1 aromatic carbocycles. The highest BCUT2D eigenvalue weighted by atomic mass is 19.1. The SMILES string of the molecule is CO[C@H]1CCN(CCC(=O)Nc2cc(F)ccc2F)C1. The summed E-state index contributed by atoms with van der Waals surface area (Å²) in [5, 5.41) is 2.39. The predicted octanol–water partition coefficient (Wildman–Crippen LogP) is 2.01. The van der Waals surface area contributed by atoms with Crippen LogP contribution in [0, 0.1) is 11.6 Å². The van der Waals surface area contributed by atoms with Crippen LogP contribution in [0.15, 0.2) is 18.2 Å². The van der Waals surface area contributed by atoms with Crippen molar-refractivity contribution in [3.05, 3.63) is 29.8 Å². The molecule has 1 saturated heterocycles. The van der Waals surface area contributed by atoms with Crippen molar-refractivity contribution in [3.8, 4) is 0 Å². The fourth-order valence-corrected chi connectivity index (χ4v) is 2.26. The third-order valence-electron chi connectivity index (χ3n) is 3.42. The van der Waals surface area contributed by atoms with E-state index >= 15 is 0 Å². The Bertz CT molecular complexity index is 482. The lowest BCUT2D eigenvalue weighted by Crippen LogP contribution is -2.27. The average Bonchev–Trinajstić information content (AvgIpc) is 2.89. The van der Waals surface area contributed by atoms with E-state index in [4.69, 9.17) is 4.74 Å². The summed E-state index contributed by atoms with van der Waals surface area (Å²) in [6.07, 6.45) is 1.42. The number of benzene rings is 1. The zero-order valence-corrected chi connectivity index (χ0v) is 11.4. The van der Waals surface area contributed by atoms with Crippen LogP contribution in [0.25, 0.3) is 0 Å². The number of carbonyl (C=O) groups excluding carboxylic acids is 1. The number of ether oxygens (including phenoxy) is 1. The van der Waals surface area contributed by atoms with E-state index < -0.39 is 11.6 Å². The van der Waals surface area contributed by atoms with Gasteiger partial charge in [-0.2, -0.15) is 0 Å². The average molecular weight is 284 g/mol. The molecule has 0 bridgehead atoms. The van der Waals surface area contributed by atoms with Crippen molar-refractivity contribution in [3.63, 3.8) is 0 Å². The molecule has 6 heteroatoms. The Morgan fingerprint density at radius 3 is 3.00 bits per heavy atom. The Labute approximate surface area is 116 Å². The van der Waals surface area contributed by atoms with Gasteiger partial charge in [0, 0.05) is 39.2 Å². The number of carbonyl (C=O) groups is 1. The molecule has 0 unspecified atom stereocenters. The van der Waals surface area contributed by atoms with Crippen molar-refractivity contribution in [2.45, 2.75) is 18.9 Å². The fourth-order valence-electron chi connectivity index (χ4n) is 2.26. The Morgan fingerprint density at radius 1 is 1.50 bits per heavy atom. The Morgan fingerprint density at radius 2 is 2.30 bits per heavy atom. The lowest BCUT2D eigenvalue weighted by molar-refractivity contribution is -0.116. The second-order valence-electron chi connectivity index (χ2n) is 4.87. The van der Waals surface area contributed by atoms with E-state index in [1.54, 1.807) is 7.11 Å². The standard InChI is InChI=1S/C14H18F2N2O2/c1-20-11-4-6-18(9-11)7-5-14(19)17-13-8-10(15)2-3-12(13)16/h2-3,8,11H,4-7,9H2,1H3,(H,17,19)/t11-/m0/s1. The molecular formula is C14H18F2N2O2. The highest BCUT2D eigenvalue weighted by Gasteiger charge is 2.22. The molecule has 1 fully saturated rings. The second-order valence-corrected chi connectivity index (χ2v) is 4.87. The first-order valence-electron chi connectivity index (χ1n) is 6.58. The van der Waals surface area contributed by atoms with E-state index in [0.717, 1.165) is 37.7 Å². The number of hydrogen-bond donors (Lipinski definition) is 1. The molecule has 20 heavy (non-hydrogen) atoms. The van der Waals surface area contributed by atoms with E-state index in [9.17, 15) is 13.6 Å². The number of anilines is 1. The van der Waals surface area contributed by atoms with Crippen LogP contribution >= 0.6 is 0 Å². The smallest absolute Gasteiger partial charge is 0.225 e. The van der Waals surface area contributed by atoms with Crippen molar-refractivity contribution in [2.24, 2.45) is 0 Å². The molecule has 1 aliphatic rings. The van der Waals surface area contributed by atoms with Crippen molar-refractivity contribution in [2.75, 3.05) is 32.1 Å². The normalized spacial score (nSPS) is 19.2. The Balaban J connectivity index is 1.79. The van der Waals surface area contributed by atoms with E-state index in [1.165, 1.54) is 0 Å². The van der Waals surface area contributed by atoms with Crippen molar-refractivity contribution < 1.29 is 18.3 Å². The van der Waals surface area contributed by atoms with Crippen molar-refractivity contribution >= 4 is 11.6 Å². The van der Waals surface area contributed by atoms with E-state index in [2.05, 4.69) is 10.2 Å². The predicted molar refractivity (Wildman–Crippen MR) is 71.5 cm³/mol. The molecule has 110 valence electrons. The summed E-state index contributed by atoms with van der Waals surface area (Å²) in [6.45, 7) is 2.28. The van der Waals surface area contributed by atoms with Crippen LogP contribution in [0.3, 0.4) is 0 Å². The summed E-state index contributed by atoms with van der Waals surface area (Å²) >= 11 is 0. The molecule has 0 spiro atoms. The number of halogens is 2. The zero-order chi connectivity index (χ0) is 14.5. The molecule has 0 aliphatic carbocycles. The first kappa shape index (κ1) is 14.9. The lowest BCUT2D eigenvalue weighted by Gasteiger charge is -2.15. The third kappa shape index (κ3) is 3.98. The summed E-state index contributed by atoms with van der Waals surface area (Å²) in [5.74, 6) is -1.54. The summed E-state index contributed by atoms with van der Waals surface area (Å²) in [7, 11) is 1.67. The van der Waals surface area contributed by atoms with Crippen LogP contribution in [0.1, 0.15) is 12.8 Å². The van der Waals surface area contributed by atoms with Crippen LogP contribution < -0.4 is 5.32 Å². The van der Waals surface area contributed by atoms with Crippen LogP contribution in [0.5, 0.6) is 0 Å². The molecule has 1 atom stereocenters. The van der Waals surface area contributed by atoms with Gasteiger partial charge < -0.3 is 15.0 Å². The van der Waals surface area contributed by atoms with Gasteiger partial charge in [0.1, 0.15) is 11.6 Å². The maximum absolute atomic E-state index is 13.4. The zero-order valence-electron chi connectivity index (χ0n) is 11.4. The number of nitrogens with one attached hydrogen (secondary N) is 1. The second kappa shape index (κ2) is 6.76. The minimum absolute atomic E-state index is 0.119. The van der Waals surface area contributed by atoms with E-state index in [0.29, 0.717) is 6.54 Å². The summed E-state index contributed by atoms with van der Waals surface area (Å²) in [6, 6.07) is 2.98. The van der Waals surface area contributed by atoms with Gasteiger partial charge in [0.15, 0.2) is 0 Å². The van der Waals surface area contributed by atoms with Crippen LogP contribution in [0.2, 0.25) is 0 Å². The molecule has 1 heterocycles. The molecule has 0 saturated carbocycles. The topological polar surface area (TPSA) is 41.6 Å². The van der Waals surface area contributed by atoms with Crippen LogP contribution in [-0.2, 0) is 9.53 Å². The minimum atomic E-state index is -0.639. The van der Waals surface area contributed by atoms with Gasteiger partial charge in [-0.25, -0.2) is 8.78 Å². The number of rotatable bonds is 5. The third-order valence-corrected chi connectivity index (χ3v) is 3.42. The minimum Gasteiger partial charge on any atom is -0.380 e. The molecule has 1 aliphatic heterocycles. The lowest BCUT2D eigenvalue weighted by atomic mass is 10.2. The fraction of sp³-hybridized carbons (Fsp3) is 0.500. The van der Waals surface area contributed by atoms with Gasteiger partial charge in [-0.15, -0.1) is 0 Å². The van der Waals surface area contributed by atoms with Crippen molar-refractivity contribution in [1.82, 2.24) is 4.90 Å². The summed E-state index contributed by atoms with van der Waals surface area (Å²) in [4.78, 5) is 13.8. The first-order chi connectivity index (χ1) is 9.58. The van der Waals surface area contributed by atoms with E-state index in [-0.39, 0.29) is 24.1 Å². The molecular weight excluding hydrogens is 266 g/mol.